The van der Waals surface area contributed by atoms with Crippen LogP contribution in [0.5, 0.6) is 0 Å². The van der Waals surface area contributed by atoms with Crippen LogP contribution in [0.1, 0.15) is 30.5 Å². The monoisotopic (exact) mass is 429 g/mol. The molecule has 164 valence electrons. The minimum atomic E-state index is 1.19. The van der Waals surface area contributed by atoms with Crippen molar-refractivity contribution >= 4 is 27.9 Å². The van der Waals surface area contributed by atoms with Crippen LogP contribution in [0, 0.1) is 13.8 Å². The maximum atomic E-state index is 3.36. The van der Waals surface area contributed by atoms with Gasteiger partial charge in [0.2, 0.25) is 0 Å². The van der Waals surface area contributed by atoms with Crippen LogP contribution in [-0.4, -0.2) is 4.57 Å². The quantitative estimate of drug-likeness (QED) is 0.252. The molecule has 0 amide bonds. The number of fused-ring (bicyclic) bond motifs is 3. The van der Waals surface area contributed by atoms with Crippen molar-refractivity contribution in [3.05, 3.63) is 120 Å². The number of aryl methyl sites for hydroxylation is 2. The van der Waals surface area contributed by atoms with Gasteiger partial charge in [0.15, 0.2) is 0 Å². The fourth-order valence-electron chi connectivity index (χ4n) is 4.40. The predicted octanol–water partition coefficient (Wildman–Crippen LogP) is 9.29. The number of aromatic nitrogens is 1. The number of hydrogen-bond donors (Lipinski definition) is 0. The van der Waals surface area contributed by atoms with Crippen molar-refractivity contribution in [2.24, 2.45) is 0 Å². The molecule has 5 rings (SSSR count). The lowest BCUT2D eigenvalue weighted by Gasteiger charge is -2.09. The third-order valence-electron chi connectivity index (χ3n) is 5.92. The first-order valence-corrected chi connectivity index (χ1v) is 11.5. The van der Waals surface area contributed by atoms with E-state index in [1.54, 1.807) is 6.08 Å². The number of allylic oxidation sites excluding steroid dienone is 2. The van der Waals surface area contributed by atoms with E-state index < -0.39 is 0 Å². The molecule has 0 fully saturated rings. The minimum absolute atomic E-state index is 1.19. The molecule has 0 N–H and O–H groups in total. The molecule has 1 heteroatoms. The first-order valence-electron chi connectivity index (χ1n) is 11.5. The number of para-hydroxylation sites is 1. The molecule has 0 aliphatic heterocycles. The van der Waals surface area contributed by atoms with E-state index >= 15 is 0 Å². The first kappa shape index (κ1) is 22.4. The van der Waals surface area contributed by atoms with Gasteiger partial charge in [-0.05, 0) is 80.3 Å². The Morgan fingerprint density at radius 1 is 0.727 bits per heavy atom. The van der Waals surface area contributed by atoms with Crippen LogP contribution in [-0.2, 0) is 0 Å². The van der Waals surface area contributed by atoms with Gasteiger partial charge in [-0.1, -0.05) is 78.4 Å². The minimum Gasteiger partial charge on any atom is -0.309 e. The zero-order chi connectivity index (χ0) is 23.4. The smallest absolute Gasteiger partial charge is 0.0547 e. The molecule has 0 saturated heterocycles. The Morgan fingerprint density at radius 2 is 1.36 bits per heavy atom. The summed E-state index contributed by atoms with van der Waals surface area (Å²) in [6.45, 7) is 11.7. The number of benzene rings is 4. The summed E-state index contributed by atoms with van der Waals surface area (Å²) in [6.07, 6.45) is 6.13. The normalized spacial score (nSPS) is 11.0. The number of hydrogen-bond acceptors (Lipinski definition) is 0. The molecule has 1 nitrogen and oxygen atoms in total. The highest BCUT2D eigenvalue weighted by Crippen LogP contribution is 2.38. The summed E-state index contributed by atoms with van der Waals surface area (Å²) in [6, 6.07) is 30.8. The molecule has 0 aliphatic rings. The summed E-state index contributed by atoms with van der Waals surface area (Å²) in [5.74, 6) is 0. The van der Waals surface area contributed by atoms with Gasteiger partial charge in [0, 0.05) is 16.5 Å². The van der Waals surface area contributed by atoms with Gasteiger partial charge in [0.05, 0.1) is 11.0 Å². The van der Waals surface area contributed by atoms with Crippen LogP contribution in [0.2, 0.25) is 0 Å². The fourth-order valence-corrected chi connectivity index (χ4v) is 4.40. The molecule has 0 atom stereocenters. The molecular weight excluding hydrogens is 398 g/mol. The Bertz CT molecular complexity index is 1430. The zero-order valence-corrected chi connectivity index (χ0v) is 20.0. The van der Waals surface area contributed by atoms with Gasteiger partial charge in [0.1, 0.15) is 0 Å². The van der Waals surface area contributed by atoms with E-state index in [1.165, 1.54) is 55.3 Å². The zero-order valence-electron chi connectivity index (χ0n) is 20.0. The van der Waals surface area contributed by atoms with Crippen LogP contribution >= 0.6 is 0 Å². The van der Waals surface area contributed by atoms with Gasteiger partial charge in [-0.3, -0.25) is 0 Å². The lowest BCUT2D eigenvalue weighted by molar-refractivity contribution is 1.18. The first-order chi connectivity index (χ1) is 16.1. The van der Waals surface area contributed by atoms with Crippen LogP contribution in [0.4, 0.5) is 0 Å². The molecule has 0 spiro atoms. The molecule has 0 saturated carbocycles. The van der Waals surface area contributed by atoms with Gasteiger partial charge in [-0.2, -0.15) is 0 Å². The van der Waals surface area contributed by atoms with Gasteiger partial charge >= 0.3 is 0 Å². The van der Waals surface area contributed by atoms with E-state index in [4.69, 9.17) is 0 Å². The third kappa shape index (κ3) is 4.27. The van der Waals surface area contributed by atoms with Crippen molar-refractivity contribution in [1.29, 1.82) is 0 Å². The lowest BCUT2D eigenvalue weighted by atomic mass is 9.98. The van der Waals surface area contributed by atoms with Crippen molar-refractivity contribution < 1.29 is 0 Å². The number of nitrogens with zero attached hydrogens (tertiary/aromatic N) is 1. The summed E-state index contributed by atoms with van der Waals surface area (Å²) >= 11 is 0. The van der Waals surface area contributed by atoms with Crippen LogP contribution in [0.15, 0.2) is 104 Å². The average Bonchev–Trinajstić information content (AvgIpc) is 3.16. The molecule has 0 bridgehead atoms. The van der Waals surface area contributed by atoms with Crippen LogP contribution in [0.25, 0.3) is 44.7 Å². The molecule has 0 radical (unpaired) electrons. The van der Waals surface area contributed by atoms with E-state index in [0.717, 1.165) is 0 Å². The Balaban J connectivity index is 0.000000821. The van der Waals surface area contributed by atoms with Gasteiger partial charge in [-0.25, -0.2) is 0 Å². The SMILES string of the molecule is C/C=C\c1c(C)ccc2c1c1cc(-c3ccc(C)cc3)ccc1n2-c1ccccc1.C=CC. The average molecular weight is 430 g/mol. The second-order valence-electron chi connectivity index (χ2n) is 8.37. The van der Waals surface area contributed by atoms with Crippen molar-refractivity contribution in [3.63, 3.8) is 0 Å². The molecule has 1 heterocycles. The summed E-state index contributed by atoms with van der Waals surface area (Å²) in [7, 11) is 0. The summed E-state index contributed by atoms with van der Waals surface area (Å²) in [5, 5.41) is 2.62. The highest BCUT2D eigenvalue weighted by atomic mass is 15.0. The summed E-state index contributed by atoms with van der Waals surface area (Å²) in [4.78, 5) is 0. The fraction of sp³-hybridized carbons (Fsp3) is 0.125. The molecule has 0 unspecified atom stereocenters. The third-order valence-corrected chi connectivity index (χ3v) is 5.92. The largest absolute Gasteiger partial charge is 0.309 e. The molecule has 0 aliphatic carbocycles. The van der Waals surface area contributed by atoms with Crippen molar-refractivity contribution in [2.45, 2.75) is 27.7 Å². The van der Waals surface area contributed by atoms with E-state index in [2.05, 4.69) is 129 Å². The van der Waals surface area contributed by atoms with Crippen molar-refractivity contribution in [2.75, 3.05) is 0 Å². The van der Waals surface area contributed by atoms with E-state index in [-0.39, 0.29) is 0 Å². The summed E-state index contributed by atoms with van der Waals surface area (Å²) in [5.41, 5.74) is 10.1. The van der Waals surface area contributed by atoms with Gasteiger partial charge in [0.25, 0.3) is 0 Å². The Labute approximate surface area is 197 Å². The molecular formula is C32H31N. The van der Waals surface area contributed by atoms with Crippen LogP contribution < -0.4 is 0 Å². The van der Waals surface area contributed by atoms with Crippen LogP contribution in [0.3, 0.4) is 0 Å². The van der Waals surface area contributed by atoms with Gasteiger partial charge in [-0.15, -0.1) is 6.58 Å². The standard InChI is InChI=1S/C29H25N.C3H6/c1-4-8-25-21(3)13-17-28-29(25)26-19-23(22-14-11-20(2)12-15-22)16-18-27(26)30(28)24-9-6-5-7-10-24;1-3-2/h4-19H,1-3H3;3H,1H2,2H3/b8-4-;. The predicted molar refractivity (Wildman–Crippen MR) is 146 cm³/mol. The van der Waals surface area contributed by atoms with Crippen molar-refractivity contribution in [1.82, 2.24) is 4.57 Å². The van der Waals surface area contributed by atoms with E-state index in [1.807, 2.05) is 6.92 Å². The van der Waals surface area contributed by atoms with Gasteiger partial charge < -0.3 is 4.57 Å². The number of rotatable bonds is 3. The molecule has 1 aromatic heterocycles. The lowest BCUT2D eigenvalue weighted by Crippen LogP contribution is -1.93. The van der Waals surface area contributed by atoms with E-state index in [9.17, 15) is 0 Å². The second-order valence-corrected chi connectivity index (χ2v) is 8.37. The Morgan fingerprint density at radius 3 is 2.03 bits per heavy atom. The van der Waals surface area contributed by atoms with E-state index in [0.29, 0.717) is 0 Å². The Hall–Kier alpha value is -3.84. The topological polar surface area (TPSA) is 4.93 Å². The Kier molecular flexibility index (Phi) is 6.60. The molecule has 33 heavy (non-hydrogen) atoms. The summed E-state index contributed by atoms with van der Waals surface area (Å²) < 4.78 is 2.38. The highest BCUT2D eigenvalue weighted by molar-refractivity contribution is 6.14. The highest BCUT2D eigenvalue weighted by Gasteiger charge is 2.16. The maximum Gasteiger partial charge on any atom is 0.0547 e. The molecule has 4 aromatic carbocycles. The maximum absolute atomic E-state index is 3.36. The second kappa shape index (κ2) is 9.75. The molecule has 5 aromatic rings. The van der Waals surface area contributed by atoms with Crippen molar-refractivity contribution in [3.8, 4) is 16.8 Å².